The summed E-state index contributed by atoms with van der Waals surface area (Å²) >= 11 is 4.99. The second-order valence-corrected chi connectivity index (χ2v) is 3.79. The lowest BCUT2D eigenvalue weighted by atomic mass is 9.90. The summed E-state index contributed by atoms with van der Waals surface area (Å²) in [6.07, 6.45) is 0. The number of hydrogen-bond donors (Lipinski definition) is 3. The fourth-order valence-corrected chi connectivity index (χ4v) is 1.79. The molecule has 0 aromatic heterocycles. The van der Waals surface area contributed by atoms with Crippen molar-refractivity contribution in [2.75, 3.05) is 20.1 Å². The van der Waals surface area contributed by atoms with E-state index >= 15 is 0 Å². The van der Waals surface area contributed by atoms with Crippen LogP contribution in [0.2, 0.25) is 0 Å². The normalized spacial score (nSPS) is 22.8. The van der Waals surface area contributed by atoms with Crippen LogP contribution in [0.1, 0.15) is 0 Å². The van der Waals surface area contributed by atoms with Crippen molar-refractivity contribution in [1.29, 1.82) is 0 Å². The standard InChI is InChI=1S/C7H10N4O2S/c1-8-6(14)11-2-7(3-11)4(12)9-5(13)10-7/h2-3H2,1H3,(H,8,14)(H2,9,10,12,13). The lowest BCUT2D eigenvalue weighted by molar-refractivity contribution is -0.128. The number of nitrogens with one attached hydrogen (secondary N) is 3. The number of carbonyl (C=O) groups is 2. The highest BCUT2D eigenvalue weighted by atomic mass is 32.1. The molecule has 0 saturated carbocycles. The topological polar surface area (TPSA) is 73.5 Å². The van der Waals surface area contributed by atoms with E-state index in [4.69, 9.17) is 12.2 Å². The highest BCUT2D eigenvalue weighted by Gasteiger charge is 2.55. The largest absolute Gasteiger partial charge is 0.366 e. The molecule has 0 atom stereocenters. The molecule has 0 radical (unpaired) electrons. The number of nitrogens with zero attached hydrogens (tertiary/aromatic N) is 1. The molecule has 2 rings (SSSR count). The summed E-state index contributed by atoms with van der Waals surface area (Å²) < 4.78 is 0. The molecule has 0 aliphatic carbocycles. The van der Waals surface area contributed by atoms with Crippen molar-refractivity contribution in [2.24, 2.45) is 0 Å². The van der Waals surface area contributed by atoms with E-state index < -0.39 is 11.6 Å². The second kappa shape index (κ2) is 2.81. The van der Waals surface area contributed by atoms with Gasteiger partial charge < -0.3 is 15.5 Å². The minimum atomic E-state index is -0.752. The summed E-state index contributed by atoms with van der Waals surface area (Å²) in [5.41, 5.74) is -0.752. The molecule has 76 valence electrons. The highest BCUT2D eigenvalue weighted by molar-refractivity contribution is 7.80. The van der Waals surface area contributed by atoms with Crippen molar-refractivity contribution in [3.8, 4) is 0 Å². The number of carbonyl (C=O) groups excluding carboxylic acids is 2. The van der Waals surface area contributed by atoms with Crippen LogP contribution >= 0.6 is 12.2 Å². The van der Waals surface area contributed by atoms with Crippen LogP contribution in [-0.4, -0.2) is 47.6 Å². The molecule has 2 heterocycles. The van der Waals surface area contributed by atoms with Crippen molar-refractivity contribution in [2.45, 2.75) is 5.54 Å². The van der Waals surface area contributed by atoms with Gasteiger partial charge in [-0.25, -0.2) is 4.79 Å². The van der Waals surface area contributed by atoms with Crippen molar-refractivity contribution in [1.82, 2.24) is 20.9 Å². The van der Waals surface area contributed by atoms with Gasteiger partial charge in [0.25, 0.3) is 5.91 Å². The molecule has 2 aliphatic rings. The highest BCUT2D eigenvalue weighted by Crippen LogP contribution is 2.23. The van der Waals surface area contributed by atoms with Gasteiger partial charge in [0.15, 0.2) is 10.7 Å². The molecule has 7 heteroatoms. The first-order valence-electron chi connectivity index (χ1n) is 4.18. The summed E-state index contributed by atoms with van der Waals surface area (Å²) in [5.74, 6) is -0.266. The van der Waals surface area contributed by atoms with Gasteiger partial charge >= 0.3 is 6.03 Å². The number of hydrogen-bond acceptors (Lipinski definition) is 3. The first-order chi connectivity index (χ1) is 6.57. The Bertz CT molecular complexity index is 324. The number of rotatable bonds is 0. The third kappa shape index (κ3) is 1.12. The zero-order valence-electron chi connectivity index (χ0n) is 7.59. The third-order valence-electron chi connectivity index (χ3n) is 2.44. The molecule has 0 aromatic rings. The molecule has 2 fully saturated rings. The minimum Gasteiger partial charge on any atom is -0.366 e. The van der Waals surface area contributed by atoms with Crippen LogP contribution in [0.4, 0.5) is 4.79 Å². The van der Waals surface area contributed by atoms with Crippen molar-refractivity contribution < 1.29 is 9.59 Å². The maximum atomic E-state index is 11.4. The molecule has 0 bridgehead atoms. The summed E-state index contributed by atoms with van der Waals surface area (Å²) in [6.45, 7) is 0.870. The zero-order valence-corrected chi connectivity index (χ0v) is 8.40. The van der Waals surface area contributed by atoms with Crippen LogP contribution in [0.15, 0.2) is 0 Å². The quantitative estimate of drug-likeness (QED) is 0.334. The molecule has 2 saturated heterocycles. The van der Waals surface area contributed by atoms with E-state index in [2.05, 4.69) is 16.0 Å². The first-order valence-corrected chi connectivity index (χ1v) is 4.58. The molecule has 3 amide bonds. The molecule has 1 spiro atoms. The van der Waals surface area contributed by atoms with E-state index in [-0.39, 0.29) is 5.91 Å². The van der Waals surface area contributed by atoms with Gasteiger partial charge in [0.2, 0.25) is 0 Å². The summed E-state index contributed by atoms with van der Waals surface area (Å²) in [4.78, 5) is 24.1. The van der Waals surface area contributed by atoms with E-state index in [1.807, 2.05) is 4.90 Å². The maximum Gasteiger partial charge on any atom is 0.322 e. The fraction of sp³-hybridized carbons (Fsp3) is 0.571. The van der Waals surface area contributed by atoms with E-state index in [1.165, 1.54) is 0 Å². The minimum absolute atomic E-state index is 0.266. The van der Waals surface area contributed by atoms with Crippen LogP contribution in [0.3, 0.4) is 0 Å². The van der Waals surface area contributed by atoms with Gasteiger partial charge in [-0.05, 0) is 12.2 Å². The van der Waals surface area contributed by atoms with Gasteiger partial charge in [-0.2, -0.15) is 0 Å². The average molecular weight is 214 g/mol. The first kappa shape index (κ1) is 9.20. The van der Waals surface area contributed by atoms with Gasteiger partial charge in [0.05, 0.1) is 13.1 Å². The van der Waals surface area contributed by atoms with Crippen LogP contribution in [-0.2, 0) is 4.79 Å². The Balaban J connectivity index is 2.02. The number of urea groups is 1. The molecule has 14 heavy (non-hydrogen) atoms. The van der Waals surface area contributed by atoms with Crippen molar-refractivity contribution >= 4 is 29.3 Å². The summed E-state index contributed by atoms with van der Waals surface area (Å²) in [5, 5.41) is 8.20. The molecule has 2 aliphatic heterocycles. The van der Waals surface area contributed by atoms with Crippen LogP contribution in [0.25, 0.3) is 0 Å². The smallest absolute Gasteiger partial charge is 0.322 e. The molecule has 0 aromatic carbocycles. The number of likely N-dealkylation sites (tertiary alicyclic amines) is 1. The monoisotopic (exact) mass is 214 g/mol. The Morgan fingerprint density at radius 2 is 2.21 bits per heavy atom. The van der Waals surface area contributed by atoms with E-state index in [1.54, 1.807) is 7.05 Å². The van der Waals surface area contributed by atoms with Gasteiger partial charge in [-0.15, -0.1) is 0 Å². The van der Waals surface area contributed by atoms with Crippen molar-refractivity contribution in [3.05, 3.63) is 0 Å². The molecular weight excluding hydrogens is 204 g/mol. The van der Waals surface area contributed by atoms with Gasteiger partial charge in [-0.3, -0.25) is 10.1 Å². The maximum absolute atomic E-state index is 11.4. The average Bonchev–Trinajstić information content (AvgIpc) is 2.37. The summed E-state index contributed by atoms with van der Waals surface area (Å²) in [6, 6.07) is -0.426. The Morgan fingerprint density at radius 1 is 1.57 bits per heavy atom. The predicted octanol–water partition coefficient (Wildman–Crippen LogP) is -1.62. The molecule has 6 nitrogen and oxygen atoms in total. The fourth-order valence-electron chi connectivity index (χ4n) is 1.66. The molecule has 3 N–H and O–H groups in total. The van der Waals surface area contributed by atoms with Crippen molar-refractivity contribution in [3.63, 3.8) is 0 Å². The number of imide groups is 1. The Hall–Kier alpha value is -1.37. The molecule has 0 unspecified atom stereocenters. The van der Waals surface area contributed by atoms with Gasteiger partial charge in [0.1, 0.15) is 0 Å². The Kier molecular flexibility index (Phi) is 1.84. The van der Waals surface area contributed by atoms with E-state index in [0.29, 0.717) is 18.2 Å². The van der Waals surface area contributed by atoms with Crippen LogP contribution < -0.4 is 16.0 Å². The van der Waals surface area contributed by atoms with Crippen LogP contribution in [0.5, 0.6) is 0 Å². The van der Waals surface area contributed by atoms with Gasteiger partial charge in [-0.1, -0.05) is 0 Å². The second-order valence-electron chi connectivity index (χ2n) is 3.40. The Labute approximate surface area is 86.0 Å². The number of thiocarbonyl (C=S) groups is 1. The predicted molar refractivity (Wildman–Crippen MR) is 52.6 cm³/mol. The van der Waals surface area contributed by atoms with E-state index in [9.17, 15) is 9.59 Å². The number of amides is 3. The lowest BCUT2D eigenvalue weighted by Gasteiger charge is -2.46. The zero-order chi connectivity index (χ0) is 10.3. The molecular formula is C7H10N4O2S. The van der Waals surface area contributed by atoms with E-state index in [0.717, 1.165) is 0 Å². The van der Waals surface area contributed by atoms with Crippen LogP contribution in [0, 0.1) is 0 Å². The summed E-state index contributed by atoms with van der Waals surface area (Å²) in [7, 11) is 1.72. The van der Waals surface area contributed by atoms with Gasteiger partial charge in [0, 0.05) is 7.05 Å². The lowest BCUT2D eigenvalue weighted by Crippen LogP contribution is -2.72. The third-order valence-corrected chi connectivity index (χ3v) is 2.90. The SMILES string of the molecule is CNC(=S)N1CC2(C1)NC(=O)NC2=O. The Morgan fingerprint density at radius 3 is 2.64 bits per heavy atom.